The zero-order valence-corrected chi connectivity index (χ0v) is 18.2. The van der Waals surface area contributed by atoms with Crippen LogP contribution < -0.4 is 0 Å². The lowest BCUT2D eigenvalue weighted by Crippen LogP contribution is -2.54. The van der Waals surface area contributed by atoms with Gasteiger partial charge in [0.15, 0.2) is 29.3 Å². The summed E-state index contributed by atoms with van der Waals surface area (Å²) in [5, 5.41) is 68.0. The second kappa shape index (κ2) is 11.5. The van der Waals surface area contributed by atoms with E-state index in [2.05, 4.69) is 0 Å². The number of benzene rings is 2. The first-order valence-corrected chi connectivity index (χ1v) is 11.1. The molecule has 2 aromatic rings. The van der Waals surface area contributed by atoms with Crippen molar-refractivity contribution in [2.24, 2.45) is 0 Å². The summed E-state index contributed by atoms with van der Waals surface area (Å²) >= 11 is 0. The average Bonchev–Trinajstić information content (AvgIpc) is 2.79. The van der Waals surface area contributed by atoms with Crippen molar-refractivity contribution in [1.82, 2.24) is 0 Å². The number of rotatable bonds is 10. The van der Waals surface area contributed by atoms with Crippen molar-refractivity contribution in [3.05, 3.63) is 47.5 Å². The quantitative estimate of drug-likeness (QED) is 0.205. The van der Waals surface area contributed by atoms with Crippen LogP contribution in [0.4, 0.5) is 0 Å². The number of aromatic hydroxyl groups is 4. The highest BCUT2D eigenvalue weighted by atomic mass is 16.7. The molecule has 1 aliphatic heterocycles. The van der Waals surface area contributed by atoms with Crippen molar-refractivity contribution in [1.29, 1.82) is 0 Å². The molecule has 1 aliphatic rings. The summed E-state index contributed by atoms with van der Waals surface area (Å²) < 4.78 is 11.3. The molecule has 0 bridgehead atoms. The molecule has 0 amide bonds. The molecule has 7 N–H and O–H groups in total. The lowest BCUT2D eigenvalue weighted by atomic mass is 10.00. The summed E-state index contributed by atoms with van der Waals surface area (Å²) in [7, 11) is 0. The van der Waals surface area contributed by atoms with Gasteiger partial charge >= 0.3 is 0 Å². The van der Waals surface area contributed by atoms with Gasteiger partial charge in [0.1, 0.15) is 18.3 Å². The Hall–Kier alpha value is -2.56. The van der Waals surface area contributed by atoms with Gasteiger partial charge in [-0.1, -0.05) is 18.6 Å². The fourth-order valence-corrected chi connectivity index (χ4v) is 3.85. The van der Waals surface area contributed by atoms with Gasteiger partial charge in [0, 0.05) is 0 Å². The van der Waals surface area contributed by atoms with Crippen molar-refractivity contribution in [2.75, 3.05) is 6.61 Å². The van der Waals surface area contributed by atoms with Crippen LogP contribution in [-0.4, -0.2) is 73.1 Å². The van der Waals surface area contributed by atoms with Crippen molar-refractivity contribution in [3.63, 3.8) is 0 Å². The molecule has 0 unspecified atom stereocenters. The molecule has 9 heteroatoms. The Kier molecular flexibility index (Phi) is 8.76. The number of unbranched alkanes of at least 4 members (excludes halogenated alkanes) is 1. The van der Waals surface area contributed by atoms with Crippen LogP contribution >= 0.6 is 0 Å². The van der Waals surface area contributed by atoms with Crippen LogP contribution in [0.2, 0.25) is 0 Å². The number of phenolic OH excluding ortho intramolecular Hbond substituents is 4. The first kappa shape index (κ1) is 25.1. The number of phenols is 4. The molecule has 182 valence electrons. The minimum atomic E-state index is -1.38. The zero-order chi connectivity index (χ0) is 24.0. The third-order valence-corrected chi connectivity index (χ3v) is 5.86. The van der Waals surface area contributed by atoms with Gasteiger partial charge in [-0.15, -0.1) is 0 Å². The van der Waals surface area contributed by atoms with E-state index >= 15 is 0 Å². The molecular formula is C24H32O9. The Bertz CT molecular complexity index is 903. The molecule has 1 saturated heterocycles. The Balaban J connectivity index is 1.57. The van der Waals surface area contributed by atoms with Crippen molar-refractivity contribution in [3.8, 4) is 23.0 Å². The standard InChI is InChI=1S/C24H32O9/c25-17-9-6-14(11-19(17)27)3-1-2-4-16(8-5-15-7-10-18(26)20(28)12-15)33-24-23(31)22(30)21(29)13-32-24/h6-7,9-12,16,21-31H,1-5,8,13H2/t16-,21-,22+,23-,24+/m1/s1. The van der Waals surface area contributed by atoms with Crippen LogP contribution in [0.1, 0.15) is 36.8 Å². The third-order valence-electron chi connectivity index (χ3n) is 5.86. The Morgan fingerprint density at radius 3 is 1.97 bits per heavy atom. The van der Waals surface area contributed by atoms with Gasteiger partial charge in [-0.05, 0) is 67.5 Å². The Labute approximate surface area is 192 Å². The molecular weight excluding hydrogens is 432 g/mol. The number of ether oxygens (including phenoxy) is 2. The molecule has 1 heterocycles. The summed E-state index contributed by atoms with van der Waals surface area (Å²) in [5.41, 5.74) is 1.70. The molecule has 0 aromatic heterocycles. The maximum absolute atomic E-state index is 10.2. The zero-order valence-electron chi connectivity index (χ0n) is 18.2. The van der Waals surface area contributed by atoms with Gasteiger partial charge in [-0.3, -0.25) is 0 Å². The third kappa shape index (κ3) is 6.96. The highest BCUT2D eigenvalue weighted by Crippen LogP contribution is 2.28. The van der Waals surface area contributed by atoms with Crippen molar-refractivity contribution < 1.29 is 45.2 Å². The van der Waals surface area contributed by atoms with Gasteiger partial charge < -0.3 is 45.2 Å². The summed E-state index contributed by atoms with van der Waals surface area (Å²) in [6.45, 7) is -0.147. The number of hydrogen-bond donors (Lipinski definition) is 7. The SMILES string of the molecule is Oc1ccc(CCCC[C@H](CCc2ccc(O)c(O)c2)O[C@@H]2OC[C@@H](O)[C@H](O)[C@H]2O)cc1O. The minimum Gasteiger partial charge on any atom is -0.504 e. The van der Waals surface area contributed by atoms with Gasteiger partial charge in [-0.2, -0.15) is 0 Å². The summed E-state index contributed by atoms with van der Waals surface area (Å²) in [6.07, 6.45) is -1.38. The van der Waals surface area contributed by atoms with Gasteiger partial charge in [0.25, 0.3) is 0 Å². The highest BCUT2D eigenvalue weighted by Gasteiger charge is 2.39. The van der Waals surface area contributed by atoms with Crippen LogP contribution in [0.5, 0.6) is 23.0 Å². The summed E-state index contributed by atoms with van der Waals surface area (Å²) in [6, 6.07) is 9.33. The van der Waals surface area contributed by atoms with E-state index in [4.69, 9.17) is 9.47 Å². The van der Waals surface area contributed by atoms with Crippen LogP contribution in [0.3, 0.4) is 0 Å². The van der Waals surface area contributed by atoms with Crippen LogP contribution in [-0.2, 0) is 22.3 Å². The summed E-state index contributed by atoms with van der Waals surface area (Å²) in [4.78, 5) is 0. The lowest BCUT2D eigenvalue weighted by Gasteiger charge is -2.36. The monoisotopic (exact) mass is 464 g/mol. The highest BCUT2D eigenvalue weighted by molar-refractivity contribution is 5.41. The van der Waals surface area contributed by atoms with Gasteiger partial charge in [0.2, 0.25) is 0 Å². The van der Waals surface area contributed by atoms with Gasteiger partial charge in [0.05, 0.1) is 12.7 Å². The molecule has 0 radical (unpaired) electrons. The number of hydrogen-bond acceptors (Lipinski definition) is 9. The molecule has 3 rings (SSSR count). The van der Waals surface area contributed by atoms with Crippen LogP contribution in [0, 0.1) is 0 Å². The first-order chi connectivity index (χ1) is 15.7. The fraction of sp³-hybridized carbons (Fsp3) is 0.500. The normalized spacial score (nSPS) is 24.0. The summed E-state index contributed by atoms with van der Waals surface area (Å²) in [5.74, 6) is -0.718. The predicted molar refractivity (Wildman–Crippen MR) is 118 cm³/mol. The van der Waals surface area contributed by atoms with E-state index in [9.17, 15) is 35.7 Å². The van der Waals surface area contributed by atoms with Crippen LogP contribution in [0.15, 0.2) is 36.4 Å². The topological polar surface area (TPSA) is 160 Å². The van der Waals surface area contributed by atoms with Crippen LogP contribution in [0.25, 0.3) is 0 Å². The molecule has 9 nitrogen and oxygen atoms in total. The maximum atomic E-state index is 10.2. The number of aliphatic hydroxyl groups excluding tert-OH is 3. The minimum absolute atomic E-state index is 0.147. The largest absolute Gasteiger partial charge is 0.504 e. The Morgan fingerprint density at radius 2 is 1.36 bits per heavy atom. The molecule has 2 aromatic carbocycles. The van der Waals surface area contributed by atoms with E-state index in [1.165, 1.54) is 24.3 Å². The number of aliphatic hydroxyl groups is 3. The smallest absolute Gasteiger partial charge is 0.186 e. The van der Waals surface area contributed by atoms with Crippen molar-refractivity contribution >= 4 is 0 Å². The molecule has 1 fully saturated rings. The van der Waals surface area contributed by atoms with Gasteiger partial charge in [-0.25, -0.2) is 0 Å². The molecule has 33 heavy (non-hydrogen) atoms. The second-order valence-electron chi connectivity index (χ2n) is 8.44. The van der Waals surface area contributed by atoms with E-state index in [-0.39, 0.29) is 35.7 Å². The molecule has 5 atom stereocenters. The van der Waals surface area contributed by atoms with E-state index < -0.39 is 24.6 Å². The molecule has 0 saturated carbocycles. The second-order valence-corrected chi connectivity index (χ2v) is 8.44. The van der Waals surface area contributed by atoms with E-state index in [0.717, 1.165) is 24.0 Å². The van der Waals surface area contributed by atoms with E-state index in [0.29, 0.717) is 25.7 Å². The van der Waals surface area contributed by atoms with E-state index in [1.807, 2.05) is 0 Å². The van der Waals surface area contributed by atoms with Crippen molar-refractivity contribution in [2.45, 2.75) is 69.2 Å². The lowest BCUT2D eigenvalue weighted by molar-refractivity contribution is -0.283. The molecule has 0 aliphatic carbocycles. The number of aryl methyl sites for hydroxylation is 2. The maximum Gasteiger partial charge on any atom is 0.186 e. The molecule has 0 spiro atoms. The van der Waals surface area contributed by atoms with E-state index in [1.54, 1.807) is 12.1 Å². The first-order valence-electron chi connectivity index (χ1n) is 11.1. The Morgan fingerprint density at radius 1 is 0.758 bits per heavy atom. The fourth-order valence-electron chi connectivity index (χ4n) is 3.85. The average molecular weight is 465 g/mol. The predicted octanol–water partition coefficient (Wildman–Crippen LogP) is 1.68.